The minimum absolute atomic E-state index is 0.0912. The SMILES string of the molecule is CN1CCC(c2ccc(F)cc2F)c2ccc(-c3cccnn3)cc2C1. The van der Waals surface area contributed by atoms with Crippen molar-refractivity contribution in [3.8, 4) is 11.3 Å². The fourth-order valence-electron chi connectivity index (χ4n) is 3.68. The van der Waals surface area contributed by atoms with Crippen molar-refractivity contribution in [3.63, 3.8) is 0 Å². The van der Waals surface area contributed by atoms with E-state index in [9.17, 15) is 8.78 Å². The van der Waals surface area contributed by atoms with Crippen LogP contribution in [0, 0.1) is 11.6 Å². The van der Waals surface area contributed by atoms with E-state index in [1.807, 2.05) is 24.3 Å². The minimum atomic E-state index is -0.546. The molecule has 0 spiro atoms. The van der Waals surface area contributed by atoms with Crippen LogP contribution in [0.25, 0.3) is 11.3 Å². The van der Waals surface area contributed by atoms with Crippen LogP contribution in [0.3, 0.4) is 0 Å². The van der Waals surface area contributed by atoms with Crippen molar-refractivity contribution < 1.29 is 8.78 Å². The molecule has 1 aliphatic heterocycles. The lowest BCUT2D eigenvalue weighted by molar-refractivity contribution is 0.327. The van der Waals surface area contributed by atoms with Crippen molar-refractivity contribution in [2.24, 2.45) is 0 Å². The summed E-state index contributed by atoms with van der Waals surface area (Å²) in [5.41, 5.74) is 4.58. The molecule has 1 aromatic heterocycles. The zero-order valence-corrected chi connectivity index (χ0v) is 14.5. The van der Waals surface area contributed by atoms with Crippen LogP contribution >= 0.6 is 0 Å². The summed E-state index contributed by atoms with van der Waals surface area (Å²) < 4.78 is 27.8. The maximum Gasteiger partial charge on any atom is 0.129 e. The Labute approximate surface area is 151 Å². The van der Waals surface area contributed by atoms with Gasteiger partial charge in [-0.2, -0.15) is 10.2 Å². The number of nitrogens with zero attached hydrogens (tertiary/aromatic N) is 3. The van der Waals surface area contributed by atoms with Gasteiger partial charge in [-0.25, -0.2) is 8.78 Å². The van der Waals surface area contributed by atoms with Crippen LogP contribution in [-0.2, 0) is 6.54 Å². The second kappa shape index (κ2) is 6.92. The first kappa shape index (κ1) is 16.8. The standard InChI is InChI=1S/C21H19F2N3/c1-26-10-8-18(19-7-5-16(22)12-20(19)23)17-6-4-14(11-15(17)13-26)21-3-2-9-24-25-21/h2-7,9,11-12,18H,8,10,13H2,1H3. The molecule has 3 aromatic rings. The number of aromatic nitrogens is 2. The number of benzene rings is 2. The molecule has 0 bridgehead atoms. The molecule has 0 saturated heterocycles. The molecular weight excluding hydrogens is 332 g/mol. The number of halogens is 2. The van der Waals surface area contributed by atoms with E-state index in [-0.39, 0.29) is 5.92 Å². The van der Waals surface area contributed by atoms with Crippen LogP contribution in [0.2, 0.25) is 0 Å². The van der Waals surface area contributed by atoms with Crippen molar-refractivity contribution in [3.05, 3.63) is 83.1 Å². The van der Waals surface area contributed by atoms with Crippen molar-refractivity contribution >= 4 is 0 Å². The van der Waals surface area contributed by atoms with Gasteiger partial charge in [-0.1, -0.05) is 18.2 Å². The third-order valence-electron chi connectivity index (χ3n) is 4.96. The molecule has 0 amide bonds. The van der Waals surface area contributed by atoms with Gasteiger partial charge in [-0.15, -0.1) is 0 Å². The summed E-state index contributed by atoms with van der Waals surface area (Å²) in [5.74, 6) is -1.12. The van der Waals surface area contributed by atoms with Crippen LogP contribution in [0.5, 0.6) is 0 Å². The maximum absolute atomic E-state index is 14.4. The second-order valence-corrected chi connectivity index (χ2v) is 6.77. The van der Waals surface area contributed by atoms with Crippen LogP contribution in [0.4, 0.5) is 8.78 Å². The van der Waals surface area contributed by atoms with Gasteiger partial charge in [0.25, 0.3) is 0 Å². The van der Waals surface area contributed by atoms with Gasteiger partial charge in [-0.05, 0) is 61.0 Å². The molecule has 2 heterocycles. The highest BCUT2D eigenvalue weighted by atomic mass is 19.1. The molecule has 0 aliphatic carbocycles. The number of fused-ring (bicyclic) bond motifs is 1. The van der Waals surface area contributed by atoms with Crippen molar-refractivity contribution in [2.75, 3.05) is 13.6 Å². The highest BCUT2D eigenvalue weighted by Gasteiger charge is 2.25. The molecule has 0 radical (unpaired) electrons. The highest BCUT2D eigenvalue weighted by Crippen LogP contribution is 2.36. The Bertz CT molecular complexity index is 928. The van der Waals surface area contributed by atoms with Crippen molar-refractivity contribution in [2.45, 2.75) is 18.9 Å². The van der Waals surface area contributed by atoms with Gasteiger partial charge in [0.05, 0.1) is 5.69 Å². The average molecular weight is 351 g/mol. The van der Waals surface area contributed by atoms with Gasteiger partial charge in [0.2, 0.25) is 0 Å². The Kier molecular flexibility index (Phi) is 4.47. The van der Waals surface area contributed by atoms with Crippen LogP contribution in [-0.4, -0.2) is 28.7 Å². The summed E-state index contributed by atoms with van der Waals surface area (Å²) in [4.78, 5) is 2.22. The lowest BCUT2D eigenvalue weighted by Crippen LogP contribution is -2.17. The van der Waals surface area contributed by atoms with Crippen LogP contribution in [0.15, 0.2) is 54.7 Å². The summed E-state index contributed by atoms with van der Waals surface area (Å²) in [6.07, 6.45) is 2.44. The molecule has 132 valence electrons. The van der Waals surface area contributed by atoms with Crippen LogP contribution < -0.4 is 0 Å². The lowest BCUT2D eigenvalue weighted by Gasteiger charge is -2.19. The van der Waals surface area contributed by atoms with Gasteiger partial charge in [-0.3, -0.25) is 0 Å². The predicted octanol–water partition coefficient (Wildman–Crippen LogP) is 4.39. The Balaban J connectivity index is 1.80. The third kappa shape index (κ3) is 3.22. The lowest BCUT2D eigenvalue weighted by atomic mass is 9.85. The van der Waals surface area contributed by atoms with E-state index in [1.165, 1.54) is 6.07 Å². The molecular formula is C21H19F2N3. The quantitative estimate of drug-likeness (QED) is 0.686. The first-order valence-electron chi connectivity index (χ1n) is 8.66. The topological polar surface area (TPSA) is 29.0 Å². The number of hydrogen-bond acceptors (Lipinski definition) is 3. The largest absolute Gasteiger partial charge is 0.302 e. The monoisotopic (exact) mass is 351 g/mol. The summed E-state index contributed by atoms with van der Waals surface area (Å²) in [6.45, 7) is 1.62. The van der Waals surface area contributed by atoms with Crippen LogP contribution in [0.1, 0.15) is 29.0 Å². The first-order chi connectivity index (χ1) is 12.6. The van der Waals surface area contributed by atoms with Crippen molar-refractivity contribution in [1.29, 1.82) is 0 Å². The maximum atomic E-state index is 14.4. The average Bonchev–Trinajstić information content (AvgIpc) is 2.80. The van der Waals surface area contributed by atoms with E-state index < -0.39 is 11.6 Å². The Hall–Kier alpha value is -2.66. The van der Waals surface area contributed by atoms with E-state index in [1.54, 1.807) is 12.3 Å². The molecule has 1 atom stereocenters. The van der Waals surface area contributed by atoms with Crippen molar-refractivity contribution in [1.82, 2.24) is 15.1 Å². The fraction of sp³-hybridized carbons (Fsp3) is 0.238. The smallest absolute Gasteiger partial charge is 0.129 e. The van der Waals surface area contributed by atoms with Gasteiger partial charge in [0.1, 0.15) is 11.6 Å². The van der Waals surface area contributed by atoms with Gasteiger partial charge in [0.15, 0.2) is 0 Å². The Morgan fingerprint density at radius 2 is 1.88 bits per heavy atom. The molecule has 5 heteroatoms. The van der Waals surface area contributed by atoms with Gasteiger partial charge in [0, 0.05) is 30.3 Å². The minimum Gasteiger partial charge on any atom is -0.302 e. The summed E-state index contributed by atoms with van der Waals surface area (Å²) in [7, 11) is 2.06. The number of hydrogen-bond donors (Lipinski definition) is 0. The fourth-order valence-corrected chi connectivity index (χ4v) is 3.68. The van der Waals surface area contributed by atoms with E-state index in [0.29, 0.717) is 5.56 Å². The Morgan fingerprint density at radius 3 is 2.65 bits per heavy atom. The molecule has 0 fully saturated rings. The van der Waals surface area contributed by atoms with E-state index in [0.717, 1.165) is 48.0 Å². The highest BCUT2D eigenvalue weighted by molar-refractivity contribution is 5.61. The molecule has 26 heavy (non-hydrogen) atoms. The molecule has 2 aromatic carbocycles. The number of rotatable bonds is 2. The molecule has 4 rings (SSSR count). The second-order valence-electron chi connectivity index (χ2n) is 6.77. The summed E-state index contributed by atoms with van der Waals surface area (Å²) in [6, 6.07) is 13.8. The van der Waals surface area contributed by atoms with E-state index >= 15 is 0 Å². The summed E-state index contributed by atoms with van der Waals surface area (Å²) in [5, 5.41) is 8.12. The molecule has 0 saturated carbocycles. The molecule has 1 unspecified atom stereocenters. The van der Waals surface area contributed by atoms with Gasteiger partial charge < -0.3 is 4.90 Å². The van der Waals surface area contributed by atoms with E-state index in [2.05, 4.69) is 28.2 Å². The summed E-state index contributed by atoms with van der Waals surface area (Å²) >= 11 is 0. The third-order valence-corrected chi connectivity index (χ3v) is 4.96. The molecule has 0 N–H and O–H groups in total. The molecule has 3 nitrogen and oxygen atoms in total. The zero-order valence-electron chi connectivity index (χ0n) is 14.5. The molecule has 1 aliphatic rings. The normalized spacial score (nSPS) is 17.6. The van der Waals surface area contributed by atoms with E-state index in [4.69, 9.17) is 0 Å². The zero-order chi connectivity index (χ0) is 18.1. The predicted molar refractivity (Wildman–Crippen MR) is 96.6 cm³/mol. The first-order valence-corrected chi connectivity index (χ1v) is 8.66. The van der Waals surface area contributed by atoms with Gasteiger partial charge >= 0.3 is 0 Å². The Morgan fingerprint density at radius 1 is 1.04 bits per heavy atom.